The molecule has 3 aromatic carbocycles. The molecule has 5 heteroatoms. The van der Waals surface area contributed by atoms with Gasteiger partial charge in [-0.25, -0.2) is 4.39 Å². The minimum absolute atomic E-state index is 0.113. The fraction of sp³-hybridized carbons (Fsp3) is 0.0952. The Balaban J connectivity index is 1.60. The van der Waals surface area contributed by atoms with E-state index in [1.54, 1.807) is 11.8 Å². The second-order valence-corrected chi connectivity index (χ2v) is 6.65. The van der Waals surface area contributed by atoms with E-state index in [9.17, 15) is 9.18 Å². The molecular formula is C21H18FNO2S. The van der Waals surface area contributed by atoms with Crippen LogP contribution in [0.25, 0.3) is 0 Å². The number of carbonyl (C=O) groups excluding carboxylic acids is 1. The van der Waals surface area contributed by atoms with Gasteiger partial charge in [-0.1, -0.05) is 30.3 Å². The predicted molar refractivity (Wildman–Crippen MR) is 103 cm³/mol. The highest BCUT2D eigenvalue weighted by atomic mass is 32.2. The molecular weight excluding hydrogens is 349 g/mol. The van der Waals surface area contributed by atoms with E-state index in [0.29, 0.717) is 5.69 Å². The lowest BCUT2D eigenvalue weighted by Gasteiger charge is -2.08. The summed E-state index contributed by atoms with van der Waals surface area (Å²) in [5.41, 5.74) is 2.07. The van der Waals surface area contributed by atoms with E-state index in [4.69, 9.17) is 4.74 Å². The minimum Gasteiger partial charge on any atom is -0.494 e. The Morgan fingerprint density at radius 2 is 1.77 bits per heavy atom. The van der Waals surface area contributed by atoms with E-state index >= 15 is 0 Å². The van der Waals surface area contributed by atoms with Crippen LogP contribution in [0.15, 0.2) is 77.7 Å². The molecule has 0 atom stereocenters. The third-order valence-electron chi connectivity index (χ3n) is 3.77. The highest BCUT2D eigenvalue weighted by molar-refractivity contribution is 7.98. The normalized spacial score (nSPS) is 10.4. The number of halogens is 1. The number of methoxy groups -OCH3 is 1. The van der Waals surface area contributed by atoms with Crippen molar-refractivity contribution >= 4 is 23.4 Å². The summed E-state index contributed by atoms with van der Waals surface area (Å²) < 4.78 is 18.6. The first-order chi connectivity index (χ1) is 12.7. The Kier molecular flexibility index (Phi) is 5.92. The average Bonchev–Trinajstić information content (AvgIpc) is 2.68. The summed E-state index contributed by atoms with van der Waals surface area (Å²) >= 11 is 1.75. The van der Waals surface area contributed by atoms with Crippen molar-refractivity contribution < 1.29 is 13.9 Å². The molecule has 0 aromatic heterocycles. The lowest BCUT2D eigenvalue weighted by atomic mass is 10.2. The first-order valence-electron chi connectivity index (χ1n) is 8.07. The van der Waals surface area contributed by atoms with Crippen LogP contribution in [0.2, 0.25) is 0 Å². The zero-order valence-electron chi connectivity index (χ0n) is 14.2. The Bertz CT molecular complexity index is 882. The molecule has 0 saturated heterocycles. The van der Waals surface area contributed by atoms with Gasteiger partial charge in [-0.3, -0.25) is 4.79 Å². The number of ether oxygens (including phenoxy) is 1. The quantitative estimate of drug-likeness (QED) is 0.595. The molecule has 3 aromatic rings. The maximum atomic E-state index is 13.7. The van der Waals surface area contributed by atoms with Gasteiger partial charge < -0.3 is 10.1 Å². The minimum atomic E-state index is -0.562. The standard InChI is InChI=1S/C21H18FNO2S/c1-25-20-12-9-16(13-19(20)22)21(24)23-17-10-7-15(8-11-17)14-26-18-5-3-2-4-6-18/h2-13H,14H2,1H3,(H,23,24). The van der Waals surface area contributed by atoms with Crippen molar-refractivity contribution in [2.24, 2.45) is 0 Å². The van der Waals surface area contributed by atoms with Crippen LogP contribution in [0.1, 0.15) is 15.9 Å². The molecule has 0 unspecified atom stereocenters. The number of hydrogen-bond acceptors (Lipinski definition) is 3. The van der Waals surface area contributed by atoms with Gasteiger partial charge in [-0.05, 0) is 48.0 Å². The lowest BCUT2D eigenvalue weighted by Crippen LogP contribution is -2.12. The molecule has 26 heavy (non-hydrogen) atoms. The largest absolute Gasteiger partial charge is 0.494 e. The number of rotatable bonds is 6. The molecule has 0 spiro atoms. The second kappa shape index (κ2) is 8.54. The summed E-state index contributed by atoms with van der Waals surface area (Å²) in [6, 6.07) is 22.0. The van der Waals surface area contributed by atoms with Crippen LogP contribution >= 0.6 is 11.8 Å². The van der Waals surface area contributed by atoms with Crippen molar-refractivity contribution in [3.63, 3.8) is 0 Å². The van der Waals surface area contributed by atoms with E-state index in [1.165, 1.54) is 30.2 Å². The third-order valence-corrected chi connectivity index (χ3v) is 4.86. The maximum absolute atomic E-state index is 13.7. The molecule has 0 aliphatic carbocycles. The van der Waals surface area contributed by atoms with Gasteiger partial charge >= 0.3 is 0 Å². The monoisotopic (exact) mass is 367 g/mol. The van der Waals surface area contributed by atoms with Crippen molar-refractivity contribution in [3.8, 4) is 5.75 Å². The van der Waals surface area contributed by atoms with Gasteiger partial charge in [0.05, 0.1) is 7.11 Å². The van der Waals surface area contributed by atoms with Gasteiger partial charge in [0, 0.05) is 21.9 Å². The predicted octanol–water partition coefficient (Wildman–Crippen LogP) is 5.38. The van der Waals surface area contributed by atoms with E-state index in [0.717, 1.165) is 11.3 Å². The summed E-state index contributed by atoms with van der Waals surface area (Å²) in [6.07, 6.45) is 0. The van der Waals surface area contributed by atoms with Gasteiger partial charge in [0.25, 0.3) is 5.91 Å². The Labute approximate surface area is 156 Å². The fourth-order valence-corrected chi connectivity index (χ4v) is 3.25. The SMILES string of the molecule is COc1ccc(C(=O)Nc2ccc(CSc3ccccc3)cc2)cc1F. The summed E-state index contributed by atoms with van der Waals surface area (Å²) in [5.74, 6) is 0.0373. The summed E-state index contributed by atoms with van der Waals surface area (Å²) in [4.78, 5) is 13.5. The first kappa shape index (κ1) is 18.0. The van der Waals surface area contributed by atoms with Gasteiger partial charge in [0.1, 0.15) is 0 Å². The Hall–Kier alpha value is -2.79. The first-order valence-corrected chi connectivity index (χ1v) is 9.06. The number of benzene rings is 3. The topological polar surface area (TPSA) is 38.3 Å². The van der Waals surface area contributed by atoms with E-state index in [-0.39, 0.29) is 17.2 Å². The molecule has 3 nitrogen and oxygen atoms in total. The van der Waals surface area contributed by atoms with E-state index < -0.39 is 5.82 Å². The Morgan fingerprint density at radius 3 is 2.42 bits per heavy atom. The zero-order chi connectivity index (χ0) is 18.4. The molecule has 0 saturated carbocycles. The van der Waals surface area contributed by atoms with E-state index in [1.807, 2.05) is 42.5 Å². The molecule has 0 heterocycles. The molecule has 0 radical (unpaired) electrons. The van der Waals surface area contributed by atoms with Crippen LogP contribution in [0.5, 0.6) is 5.75 Å². The zero-order valence-corrected chi connectivity index (χ0v) is 15.1. The lowest BCUT2D eigenvalue weighted by molar-refractivity contribution is 0.102. The molecule has 0 fully saturated rings. The van der Waals surface area contributed by atoms with Gasteiger partial charge in [0.15, 0.2) is 11.6 Å². The maximum Gasteiger partial charge on any atom is 0.255 e. The number of anilines is 1. The molecule has 132 valence electrons. The number of nitrogens with one attached hydrogen (secondary N) is 1. The number of amides is 1. The molecule has 0 aliphatic rings. The highest BCUT2D eigenvalue weighted by Gasteiger charge is 2.10. The highest BCUT2D eigenvalue weighted by Crippen LogP contribution is 2.23. The average molecular weight is 367 g/mol. The van der Waals surface area contributed by atoms with Crippen LogP contribution in [-0.2, 0) is 5.75 Å². The van der Waals surface area contributed by atoms with Crippen molar-refractivity contribution in [2.45, 2.75) is 10.6 Å². The van der Waals surface area contributed by atoms with Crippen LogP contribution in [-0.4, -0.2) is 13.0 Å². The van der Waals surface area contributed by atoms with E-state index in [2.05, 4.69) is 17.4 Å². The number of carbonyl (C=O) groups is 1. The molecule has 1 N–H and O–H groups in total. The van der Waals surface area contributed by atoms with Crippen LogP contribution < -0.4 is 10.1 Å². The summed E-state index contributed by atoms with van der Waals surface area (Å²) in [6.45, 7) is 0. The van der Waals surface area contributed by atoms with Crippen molar-refractivity contribution in [2.75, 3.05) is 12.4 Å². The van der Waals surface area contributed by atoms with Crippen LogP contribution in [0, 0.1) is 5.82 Å². The van der Waals surface area contributed by atoms with Crippen LogP contribution in [0.3, 0.4) is 0 Å². The molecule has 0 bridgehead atoms. The second-order valence-electron chi connectivity index (χ2n) is 5.60. The molecule has 3 rings (SSSR count). The van der Waals surface area contributed by atoms with Gasteiger partial charge in [-0.15, -0.1) is 11.8 Å². The van der Waals surface area contributed by atoms with Crippen LogP contribution in [0.4, 0.5) is 10.1 Å². The van der Waals surface area contributed by atoms with Gasteiger partial charge in [-0.2, -0.15) is 0 Å². The number of thioether (sulfide) groups is 1. The third kappa shape index (κ3) is 4.64. The summed E-state index contributed by atoms with van der Waals surface area (Å²) in [5, 5.41) is 2.77. The summed E-state index contributed by atoms with van der Waals surface area (Å²) in [7, 11) is 1.38. The molecule has 0 aliphatic heterocycles. The molecule has 1 amide bonds. The fourth-order valence-electron chi connectivity index (χ4n) is 2.38. The van der Waals surface area contributed by atoms with Crippen molar-refractivity contribution in [3.05, 3.63) is 89.7 Å². The Morgan fingerprint density at radius 1 is 1.04 bits per heavy atom. The van der Waals surface area contributed by atoms with Crippen molar-refractivity contribution in [1.29, 1.82) is 0 Å². The number of hydrogen-bond donors (Lipinski definition) is 1. The smallest absolute Gasteiger partial charge is 0.255 e. The van der Waals surface area contributed by atoms with Crippen molar-refractivity contribution in [1.82, 2.24) is 0 Å². The van der Waals surface area contributed by atoms with Gasteiger partial charge in [0.2, 0.25) is 0 Å².